The van der Waals surface area contributed by atoms with Crippen molar-refractivity contribution in [2.45, 2.75) is 32.3 Å². The second kappa shape index (κ2) is 7.29. The van der Waals surface area contributed by atoms with Crippen LogP contribution in [0.2, 0.25) is 5.02 Å². The first-order chi connectivity index (χ1) is 11.7. The molecule has 0 aliphatic carbocycles. The fourth-order valence-electron chi connectivity index (χ4n) is 3.11. The number of hydrogen-bond acceptors (Lipinski definition) is 3. The number of methoxy groups -OCH3 is 1. The van der Waals surface area contributed by atoms with Crippen LogP contribution in [0, 0.1) is 0 Å². The zero-order chi connectivity index (χ0) is 17.1. The van der Waals surface area contributed by atoms with Crippen molar-refractivity contribution in [3.63, 3.8) is 0 Å². The fraction of sp³-hybridized carbons (Fsp3) is 0.300. The van der Waals surface area contributed by atoms with Gasteiger partial charge in [0.2, 0.25) is 0 Å². The number of benzene rings is 2. The molecule has 1 heterocycles. The number of halogens is 1. The second-order valence-electron chi connectivity index (χ2n) is 5.92. The summed E-state index contributed by atoms with van der Waals surface area (Å²) in [4.78, 5) is 0. The topological polar surface area (TPSA) is 42.6 Å². The van der Waals surface area contributed by atoms with Crippen LogP contribution in [0.25, 0.3) is 11.0 Å². The minimum absolute atomic E-state index is 0.0817. The molecule has 3 nitrogen and oxygen atoms in total. The lowest BCUT2D eigenvalue weighted by atomic mass is 9.98. The highest BCUT2D eigenvalue weighted by atomic mass is 35.5. The van der Waals surface area contributed by atoms with E-state index in [2.05, 4.69) is 6.92 Å². The number of furan rings is 1. The minimum Gasteiger partial charge on any atom is -0.506 e. The Morgan fingerprint density at radius 1 is 1.21 bits per heavy atom. The summed E-state index contributed by atoms with van der Waals surface area (Å²) in [7, 11) is 1.69. The number of phenols is 1. The van der Waals surface area contributed by atoms with Crippen LogP contribution in [0.15, 0.2) is 47.1 Å². The average molecular weight is 345 g/mol. The molecule has 0 saturated carbocycles. The maximum Gasteiger partial charge on any atom is 0.145 e. The lowest BCUT2D eigenvalue weighted by molar-refractivity contribution is 0.104. The van der Waals surface area contributed by atoms with Crippen molar-refractivity contribution in [3.8, 4) is 5.75 Å². The summed E-state index contributed by atoms with van der Waals surface area (Å²) in [5, 5.41) is 11.5. The van der Waals surface area contributed by atoms with Crippen molar-refractivity contribution in [2.75, 3.05) is 7.11 Å². The highest BCUT2D eigenvalue weighted by Crippen LogP contribution is 2.40. The number of ether oxygens (including phenoxy) is 1. The molecule has 24 heavy (non-hydrogen) atoms. The molecule has 126 valence electrons. The zero-order valence-corrected chi connectivity index (χ0v) is 14.6. The molecule has 0 bridgehead atoms. The van der Waals surface area contributed by atoms with Gasteiger partial charge in [-0.3, -0.25) is 0 Å². The number of fused-ring (bicyclic) bond motifs is 1. The first kappa shape index (κ1) is 16.9. The van der Waals surface area contributed by atoms with Gasteiger partial charge in [-0.25, -0.2) is 0 Å². The van der Waals surface area contributed by atoms with Gasteiger partial charge in [-0.2, -0.15) is 0 Å². The Morgan fingerprint density at radius 2 is 1.96 bits per heavy atom. The van der Waals surface area contributed by atoms with Gasteiger partial charge in [-0.15, -0.1) is 0 Å². The summed E-state index contributed by atoms with van der Waals surface area (Å²) in [5.74, 6) is 0.0817. The Hall–Kier alpha value is -1.97. The Labute approximate surface area is 146 Å². The van der Waals surface area contributed by atoms with Gasteiger partial charge >= 0.3 is 0 Å². The molecule has 2 aromatic carbocycles. The predicted molar refractivity (Wildman–Crippen MR) is 96.8 cm³/mol. The molecular formula is C20H21ClO3. The lowest BCUT2D eigenvalue weighted by Crippen LogP contribution is -2.05. The van der Waals surface area contributed by atoms with E-state index in [1.165, 1.54) is 0 Å². The van der Waals surface area contributed by atoms with E-state index in [0.29, 0.717) is 16.8 Å². The molecule has 1 N–H and O–H groups in total. The Balaban J connectivity index is 2.04. The van der Waals surface area contributed by atoms with E-state index in [-0.39, 0.29) is 11.9 Å². The first-order valence-corrected chi connectivity index (χ1v) is 8.51. The van der Waals surface area contributed by atoms with Gasteiger partial charge in [0, 0.05) is 19.1 Å². The number of rotatable bonds is 6. The standard InChI is InChI=1S/C20H21ClO3/c1-3-7-14-10-16(21)19(22)18-15(12-24-20(14)18)11-17(23-2)13-8-5-4-6-9-13/h4-6,8-10,12,17,22H,3,7,11H2,1-2H3. The normalized spacial score (nSPS) is 12.6. The van der Waals surface area contributed by atoms with Gasteiger partial charge < -0.3 is 14.3 Å². The summed E-state index contributed by atoms with van der Waals surface area (Å²) in [6.07, 6.45) is 4.04. The number of hydrogen-bond donors (Lipinski definition) is 1. The second-order valence-corrected chi connectivity index (χ2v) is 6.33. The van der Waals surface area contributed by atoms with Crippen LogP contribution in [0.5, 0.6) is 5.75 Å². The Morgan fingerprint density at radius 3 is 2.62 bits per heavy atom. The van der Waals surface area contributed by atoms with E-state index in [1.807, 2.05) is 30.3 Å². The van der Waals surface area contributed by atoms with Crippen LogP contribution in [-0.4, -0.2) is 12.2 Å². The molecule has 3 aromatic rings. The van der Waals surface area contributed by atoms with Gasteiger partial charge in [0.15, 0.2) is 0 Å². The largest absolute Gasteiger partial charge is 0.506 e. The van der Waals surface area contributed by atoms with Gasteiger partial charge in [-0.1, -0.05) is 55.3 Å². The molecule has 3 rings (SSSR count). The lowest BCUT2D eigenvalue weighted by Gasteiger charge is -2.15. The molecule has 0 spiro atoms. The Bertz CT molecular complexity index is 824. The van der Waals surface area contributed by atoms with Crippen LogP contribution in [0.1, 0.15) is 36.1 Å². The van der Waals surface area contributed by atoms with Crippen LogP contribution in [-0.2, 0) is 17.6 Å². The third-order valence-corrected chi connectivity index (χ3v) is 4.59. The molecular weight excluding hydrogens is 324 g/mol. The third-order valence-electron chi connectivity index (χ3n) is 4.30. The van der Waals surface area contributed by atoms with Crippen LogP contribution in [0.3, 0.4) is 0 Å². The SMILES string of the molecule is CCCc1cc(Cl)c(O)c2c(CC(OC)c3ccccc3)coc12. The van der Waals surface area contributed by atoms with Crippen molar-refractivity contribution in [1.82, 2.24) is 0 Å². The van der Waals surface area contributed by atoms with E-state index in [1.54, 1.807) is 19.4 Å². The number of phenolic OH excluding ortho intramolecular Hbond substituents is 1. The van der Waals surface area contributed by atoms with Crippen LogP contribution < -0.4 is 0 Å². The molecule has 1 atom stereocenters. The van der Waals surface area contributed by atoms with Crippen molar-refractivity contribution >= 4 is 22.6 Å². The smallest absolute Gasteiger partial charge is 0.145 e. The average Bonchev–Trinajstić information content (AvgIpc) is 3.02. The molecule has 0 saturated heterocycles. The maximum atomic E-state index is 10.4. The summed E-state index contributed by atoms with van der Waals surface area (Å²) in [6, 6.07) is 11.8. The molecule has 0 amide bonds. The van der Waals surface area contributed by atoms with E-state index in [0.717, 1.165) is 35.1 Å². The number of aromatic hydroxyl groups is 1. The zero-order valence-electron chi connectivity index (χ0n) is 13.9. The summed E-state index contributed by atoms with van der Waals surface area (Å²) < 4.78 is 11.4. The summed E-state index contributed by atoms with van der Waals surface area (Å²) in [6.45, 7) is 2.10. The van der Waals surface area contributed by atoms with E-state index in [4.69, 9.17) is 20.8 Å². The van der Waals surface area contributed by atoms with E-state index < -0.39 is 0 Å². The molecule has 0 radical (unpaired) electrons. The fourth-order valence-corrected chi connectivity index (χ4v) is 3.33. The van der Waals surface area contributed by atoms with Crippen molar-refractivity contribution in [1.29, 1.82) is 0 Å². The Kier molecular flexibility index (Phi) is 5.12. The molecule has 0 fully saturated rings. The molecule has 0 aliphatic heterocycles. The van der Waals surface area contributed by atoms with Gasteiger partial charge in [0.05, 0.1) is 22.8 Å². The van der Waals surface area contributed by atoms with Gasteiger partial charge in [0.25, 0.3) is 0 Å². The van der Waals surface area contributed by atoms with Crippen molar-refractivity contribution in [3.05, 3.63) is 64.4 Å². The summed E-state index contributed by atoms with van der Waals surface area (Å²) in [5.41, 5.74) is 3.73. The highest BCUT2D eigenvalue weighted by Gasteiger charge is 2.20. The quantitative estimate of drug-likeness (QED) is 0.626. The first-order valence-electron chi connectivity index (χ1n) is 8.13. The molecule has 4 heteroatoms. The van der Waals surface area contributed by atoms with E-state index in [9.17, 15) is 5.11 Å². The predicted octanol–water partition coefficient (Wildman–Crippen LogP) is 5.67. The third kappa shape index (κ3) is 3.14. The monoisotopic (exact) mass is 344 g/mol. The summed E-state index contributed by atoms with van der Waals surface area (Å²) >= 11 is 6.22. The van der Waals surface area contributed by atoms with Crippen LogP contribution in [0.4, 0.5) is 0 Å². The van der Waals surface area contributed by atoms with Crippen molar-refractivity contribution in [2.24, 2.45) is 0 Å². The number of aryl methyl sites for hydroxylation is 1. The molecule has 0 aliphatic rings. The minimum atomic E-state index is -0.111. The molecule has 1 unspecified atom stereocenters. The van der Waals surface area contributed by atoms with Crippen LogP contribution >= 0.6 is 11.6 Å². The molecule has 1 aromatic heterocycles. The maximum absolute atomic E-state index is 10.4. The van der Waals surface area contributed by atoms with Gasteiger partial charge in [0.1, 0.15) is 11.3 Å². The van der Waals surface area contributed by atoms with Crippen molar-refractivity contribution < 1.29 is 14.3 Å². The van der Waals surface area contributed by atoms with Gasteiger partial charge in [-0.05, 0) is 23.6 Å². The van der Waals surface area contributed by atoms with E-state index >= 15 is 0 Å². The highest BCUT2D eigenvalue weighted by molar-refractivity contribution is 6.33.